The monoisotopic (exact) mass is 462 g/mol. The number of rotatable bonds is 8. The molecule has 0 aliphatic rings. The molecule has 1 N–H and O–H groups in total. The van der Waals surface area contributed by atoms with Gasteiger partial charge in [-0.05, 0) is 57.5 Å². The summed E-state index contributed by atoms with van der Waals surface area (Å²) in [6, 6.07) is 15.4. The molecule has 4 nitrogen and oxygen atoms in total. The quantitative estimate of drug-likeness (QED) is 0.573. The fraction of sp³-hybridized carbons (Fsp3) is 0.364. The fourth-order valence-corrected chi connectivity index (χ4v) is 3.69. The third-order valence-corrected chi connectivity index (χ3v) is 5.77. The summed E-state index contributed by atoms with van der Waals surface area (Å²) in [4.78, 5) is 28.2. The van der Waals surface area contributed by atoms with Crippen LogP contribution in [0.4, 0.5) is 0 Å². The molecular weight excluding hydrogens is 436 g/mol. The van der Waals surface area contributed by atoms with Crippen LogP contribution in [0.1, 0.15) is 31.9 Å². The average Bonchev–Trinajstić information content (AvgIpc) is 2.65. The van der Waals surface area contributed by atoms with E-state index in [1.807, 2.05) is 69.3 Å². The van der Waals surface area contributed by atoms with Gasteiger partial charge in [-0.1, -0.05) is 45.8 Å². The van der Waals surface area contributed by atoms with Gasteiger partial charge < -0.3 is 10.2 Å². The van der Waals surface area contributed by atoms with Gasteiger partial charge in [-0.25, -0.2) is 0 Å². The summed E-state index contributed by atoms with van der Waals surface area (Å²) in [6.07, 6.45) is 0. The second kappa shape index (κ2) is 10.7. The van der Waals surface area contributed by atoms with Gasteiger partial charge in [0.1, 0.15) is 6.04 Å². The Kier molecular flexibility index (Phi) is 8.58. The third kappa shape index (κ3) is 6.99. The van der Waals surface area contributed by atoms with Crippen molar-refractivity contribution in [3.63, 3.8) is 0 Å². The molecule has 2 aromatic carbocycles. The summed E-state index contributed by atoms with van der Waals surface area (Å²) in [5.74, 6) is 0.0968. The number of thioether (sulfide) groups is 1. The fourth-order valence-electron chi connectivity index (χ4n) is 2.64. The molecule has 0 bridgehead atoms. The Morgan fingerprint density at radius 2 is 1.64 bits per heavy atom. The van der Waals surface area contributed by atoms with E-state index in [9.17, 15) is 9.59 Å². The Morgan fingerprint density at radius 1 is 1.04 bits per heavy atom. The maximum absolute atomic E-state index is 13.0. The van der Waals surface area contributed by atoms with E-state index < -0.39 is 6.04 Å². The minimum absolute atomic E-state index is 0.0292. The van der Waals surface area contributed by atoms with Gasteiger partial charge in [-0.2, -0.15) is 0 Å². The van der Waals surface area contributed by atoms with Crippen LogP contribution in [-0.4, -0.2) is 34.6 Å². The molecule has 0 heterocycles. The predicted octanol–water partition coefficient (Wildman–Crippen LogP) is 4.79. The van der Waals surface area contributed by atoms with Crippen LogP contribution in [0.5, 0.6) is 0 Å². The first-order valence-corrected chi connectivity index (χ1v) is 11.1. The normalized spacial score (nSPS) is 11.9. The average molecular weight is 463 g/mol. The summed E-state index contributed by atoms with van der Waals surface area (Å²) in [6.45, 7) is 8.05. The molecule has 0 saturated carbocycles. The number of aryl methyl sites for hydroxylation is 1. The minimum Gasteiger partial charge on any atom is -0.352 e. The zero-order valence-corrected chi connectivity index (χ0v) is 19.1. The maximum atomic E-state index is 13.0. The van der Waals surface area contributed by atoms with E-state index in [4.69, 9.17) is 0 Å². The number of halogens is 1. The van der Waals surface area contributed by atoms with E-state index in [0.29, 0.717) is 12.3 Å². The van der Waals surface area contributed by atoms with E-state index in [0.717, 1.165) is 14.9 Å². The smallest absolute Gasteiger partial charge is 0.242 e. The Bertz CT molecular complexity index is 791. The zero-order chi connectivity index (χ0) is 20.7. The van der Waals surface area contributed by atoms with Crippen LogP contribution >= 0.6 is 27.7 Å². The molecule has 0 radical (unpaired) electrons. The zero-order valence-electron chi connectivity index (χ0n) is 16.7. The van der Waals surface area contributed by atoms with Crippen LogP contribution in [0, 0.1) is 6.92 Å². The first-order valence-electron chi connectivity index (χ1n) is 9.30. The van der Waals surface area contributed by atoms with Gasteiger partial charge in [-0.3, -0.25) is 9.59 Å². The van der Waals surface area contributed by atoms with Gasteiger partial charge in [0, 0.05) is 22.0 Å². The minimum atomic E-state index is -0.544. The molecule has 1 atom stereocenters. The summed E-state index contributed by atoms with van der Waals surface area (Å²) >= 11 is 4.92. The second-order valence-corrected chi connectivity index (χ2v) is 9.05. The van der Waals surface area contributed by atoms with Gasteiger partial charge >= 0.3 is 0 Å². The molecule has 0 saturated heterocycles. The molecule has 2 aromatic rings. The highest BCUT2D eigenvalue weighted by atomic mass is 79.9. The van der Waals surface area contributed by atoms with Crippen LogP contribution < -0.4 is 5.32 Å². The van der Waals surface area contributed by atoms with Gasteiger partial charge in [0.25, 0.3) is 0 Å². The summed E-state index contributed by atoms with van der Waals surface area (Å²) in [5.41, 5.74) is 2.17. The largest absolute Gasteiger partial charge is 0.352 e. The van der Waals surface area contributed by atoms with Crippen LogP contribution in [0.3, 0.4) is 0 Å². The standard InChI is InChI=1S/C22H27BrN2O2S/c1-15(2)24-22(27)17(4)25(13-18-7-9-19(23)10-8-18)21(26)14-28-20-11-5-16(3)6-12-20/h5-12,15,17H,13-14H2,1-4H3,(H,24,27)/t17-/m0/s1. The van der Waals surface area contributed by atoms with Crippen LogP contribution in [0.25, 0.3) is 0 Å². The SMILES string of the molecule is Cc1ccc(SCC(=O)N(Cc2ccc(Br)cc2)[C@@H](C)C(=O)NC(C)C)cc1. The summed E-state index contributed by atoms with van der Waals surface area (Å²) in [5, 5.41) is 2.91. The lowest BCUT2D eigenvalue weighted by Crippen LogP contribution is -2.49. The van der Waals surface area contributed by atoms with Crippen molar-refractivity contribution in [2.45, 2.75) is 51.2 Å². The number of carbonyl (C=O) groups excluding carboxylic acids is 2. The molecule has 0 unspecified atom stereocenters. The van der Waals surface area contributed by atoms with Gasteiger partial charge in [0.2, 0.25) is 11.8 Å². The van der Waals surface area contributed by atoms with Crippen LogP contribution in [-0.2, 0) is 16.1 Å². The first-order chi connectivity index (χ1) is 13.3. The molecule has 0 aliphatic carbocycles. The lowest BCUT2D eigenvalue weighted by molar-refractivity contribution is -0.138. The van der Waals surface area contributed by atoms with Gasteiger partial charge in [-0.15, -0.1) is 11.8 Å². The lowest BCUT2D eigenvalue weighted by atomic mass is 10.1. The molecule has 0 aromatic heterocycles. The number of nitrogens with zero attached hydrogens (tertiary/aromatic N) is 1. The summed E-state index contributed by atoms with van der Waals surface area (Å²) in [7, 11) is 0. The number of benzene rings is 2. The summed E-state index contributed by atoms with van der Waals surface area (Å²) < 4.78 is 0.981. The number of carbonyl (C=O) groups is 2. The first kappa shape index (κ1) is 22.5. The maximum Gasteiger partial charge on any atom is 0.242 e. The van der Waals surface area contributed by atoms with Crippen molar-refractivity contribution in [3.05, 3.63) is 64.1 Å². The highest BCUT2D eigenvalue weighted by Crippen LogP contribution is 2.21. The van der Waals surface area contributed by atoms with Crippen molar-refractivity contribution in [2.75, 3.05) is 5.75 Å². The van der Waals surface area contributed by atoms with Crippen LogP contribution in [0.15, 0.2) is 57.9 Å². The molecule has 0 spiro atoms. The van der Waals surface area contributed by atoms with Crippen molar-refractivity contribution in [1.29, 1.82) is 0 Å². The topological polar surface area (TPSA) is 49.4 Å². The van der Waals surface area contributed by atoms with Crippen molar-refractivity contribution in [2.24, 2.45) is 0 Å². The van der Waals surface area contributed by atoms with Crippen molar-refractivity contribution in [1.82, 2.24) is 10.2 Å². The van der Waals surface area contributed by atoms with Gasteiger partial charge in [0.05, 0.1) is 5.75 Å². The lowest BCUT2D eigenvalue weighted by Gasteiger charge is -2.29. The second-order valence-electron chi connectivity index (χ2n) is 7.09. The Morgan fingerprint density at radius 3 is 2.21 bits per heavy atom. The highest BCUT2D eigenvalue weighted by molar-refractivity contribution is 9.10. The van der Waals surface area contributed by atoms with Crippen molar-refractivity contribution >= 4 is 39.5 Å². The van der Waals surface area contributed by atoms with E-state index in [-0.39, 0.29) is 17.9 Å². The van der Waals surface area contributed by atoms with E-state index in [1.165, 1.54) is 17.3 Å². The molecule has 2 amide bonds. The van der Waals surface area contributed by atoms with E-state index in [2.05, 4.69) is 21.2 Å². The molecular formula is C22H27BrN2O2S. The van der Waals surface area contributed by atoms with E-state index >= 15 is 0 Å². The number of hydrogen-bond acceptors (Lipinski definition) is 3. The molecule has 6 heteroatoms. The molecule has 0 fully saturated rings. The number of nitrogens with one attached hydrogen (secondary N) is 1. The van der Waals surface area contributed by atoms with Gasteiger partial charge in [0.15, 0.2) is 0 Å². The molecule has 150 valence electrons. The molecule has 28 heavy (non-hydrogen) atoms. The van der Waals surface area contributed by atoms with Crippen molar-refractivity contribution < 1.29 is 9.59 Å². The number of amides is 2. The molecule has 2 rings (SSSR count). The Labute approximate surface area is 180 Å². The third-order valence-electron chi connectivity index (χ3n) is 4.25. The Hall–Kier alpha value is -1.79. The predicted molar refractivity (Wildman–Crippen MR) is 119 cm³/mol. The van der Waals surface area contributed by atoms with Crippen LogP contribution in [0.2, 0.25) is 0 Å². The van der Waals surface area contributed by atoms with Crippen molar-refractivity contribution in [3.8, 4) is 0 Å². The Balaban J connectivity index is 2.12. The number of hydrogen-bond donors (Lipinski definition) is 1. The highest BCUT2D eigenvalue weighted by Gasteiger charge is 2.26. The van der Waals surface area contributed by atoms with E-state index in [1.54, 1.807) is 11.8 Å². The molecule has 0 aliphatic heterocycles.